The van der Waals surface area contributed by atoms with E-state index in [2.05, 4.69) is 10.4 Å². The summed E-state index contributed by atoms with van der Waals surface area (Å²) in [6, 6.07) is 14.6. The predicted octanol–water partition coefficient (Wildman–Crippen LogP) is 4.07. The summed E-state index contributed by atoms with van der Waals surface area (Å²) in [5.74, 6) is -0.299. The van der Waals surface area contributed by atoms with E-state index in [0.29, 0.717) is 11.4 Å². The van der Waals surface area contributed by atoms with Crippen molar-refractivity contribution in [2.24, 2.45) is 0 Å². The summed E-state index contributed by atoms with van der Waals surface area (Å²) in [6.07, 6.45) is 2.00. The van der Waals surface area contributed by atoms with E-state index < -0.39 is 5.54 Å². The minimum Gasteiger partial charge on any atom is -0.324 e. The maximum Gasteiger partial charge on any atom is 0.267 e. The Balaban J connectivity index is 1.89. The number of aromatic nitrogens is 2. The third kappa shape index (κ3) is 3.73. The van der Waals surface area contributed by atoms with Crippen molar-refractivity contribution in [1.29, 1.82) is 0 Å². The van der Waals surface area contributed by atoms with Gasteiger partial charge in [-0.3, -0.25) is 9.59 Å². The number of carbonyl (C=O) groups is 1. The molecule has 3 aromatic rings. The fraction of sp³-hybridized carbons (Fsp3) is 0.211. The molecule has 0 spiro atoms. The summed E-state index contributed by atoms with van der Waals surface area (Å²) in [7, 11) is 0. The molecule has 0 saturated heterocycles. The van der Waals surface area contributed by atoms with Gasteiger partial charge in [-0.2, -0.15) is 5.10 Å². The quantitative estimate of drug-likeness (QED) is 0.673. The molecule has 2 aromatic heterocycles. The molecule has 0 radical (unpaired) electrons. The number of rotatable bonds is 5. The molecule has 0 bridgehead atoms. The molecular weight excluding hydrogens is 366 g/mol. The Morgan fingerprint density at radius 2 is 1.88 bits per heavy atom. The summed E-state index contributed by atoms with van der Waals surface area (Å²) < 4.78 is 1.24. The number of hydrogen-bond acceptors (Lipinski definition) is 5. The summed E-state index contributed by atoms with van der Waals surface area (Å²) in [5.41, 5.74) is -0.0981. The standard InChI is InChI=1S/C19H19N3O2S2/c1-19(2,18(24)20-13-6-8-14(25-3)9-7-13)22-17(23)11-10-15(21-22)16-5-4-12-26-16/h4-12H,1-3H3,(H,20,24). The van der Waals surface area contributed by atoms with Crippen LogP contribution in [0.1, 0.15) is 13.8 Å². The minimum absolute atomic E-state index is 0.299. The van der Waals surface area contributed by atoms with Crippen molar-refractivity contribution in [1.82, 2.24) is 9.78 Å². The number of nitrogens with zero attached hydrogens (tertiary/aromatic N) is 2. The van der Waals surface area contributed by atoms with Crippen LogP contribution in [0.4, 0.5) is 5.69 Å². The number of thiophene rings is 1. The molecule has 0 unspecified atom stereocenters. The van der Waals surface area contributed by atoms with Gasteiger partial charge in [0.15, 0.2) is 0 Å². The maximum absolute atomic E-state index is 12.8. The molecule has 0 fully saturated rings. The van der Waals surface area contributed by atoms with Crippen molar-refractivity contribution in [3.63, 3.8) is 0 Å². The number of carbonyl (C=O) groups excluding carboxylic acids is 1. The molecule has 0 saturated carbocycles. The molecule has 5 nitrogen and oxygen atoms in total. The highest BCUT2D eigenvalue weighted by molar-refractivity contribution is 7.98. The number of amides is 1. The van der Waals surface area contributed by atoms with Gasteiger partial charge in [-0.1, -0.05) is 6.07 Å². The van der Waals surface area contributed by atoms with Gasteiger partial charge in [0.1, 0.15) is 11.2 Å². The van der Waals surface area contributed by atoms with E-state index in [1.165, 1.54) is 22.1 Å². The van der Waals surface area contributed by atoms with Crippen molar-refractivity contribution in [3.8, 4) is 10.6 Å². The average Bonchev–Trinajstić information content (AvgIpc) is 3.17. The zero-order chi connectivity index (χ0) is 18.7. The minimum atomic E-state index is -1.14. The summed E-state index contributed by atoms with van der Waals surface area (Å²) in [4.78, 5) is 27.2. The fourth-order valence-corrected chi connectivity index (χ4v) is 3.52. The smallest absolute Gasteiger partial charge is 0.267 e. The zero-order valence-corrected chi connectivity index (χ0v) is 16.4. The summed E-state index contributed by atoms with van der Waals surface area (Å²) in [5, 5.41) is 9.24. The van der Waals surface area contributed by atoms with E-state index in [4.69, 9.17) is 0 Å². The zero-order valence-electron chi connectivity index (χ0n) is 14.7. The number of anilines is 1. The van der Waals surface area contributed by atoms with E-state index in [1.54, 1.807) is 31.7 Å². The van der Waals surface area contributed by atoms with Gasteiger partial charge in [0.25, 0.3) is 11.5 Å². The van der Waals surface area contributed by atoms with E-state index >= 15 is 0 Å². The maximum atomic E-state index is 12.8. The number of benzene rings is 1. The molecule has 3 rings (SSSR count). The predicted molar refractivity (Wildman–Crippen MR) is 108 cm³/mol. The molecule has 0 aliphatic heterocycles. The van der Waals surface area contributed by atoms with Crippen molar-refractivity contribution in [3.05, 3.63) is 64.3 Å². The largest absolute Gasteiger partial charge is 0.324 e. The first-order chi connectivity index (χ1) is 12.4. The first-order valence-corrected chi connectivity index (χ1v) is 10.1. The topological polar surface area (TPSA) is 64.0 Å². The molecule has 2 heterocycles. The summed E-state index contributed by atoms with van der Waals surface area (Å²) >= 11 is 3.17. The molecule has 134 valence electrons. The van der Waals surface area contributed by atoms with Crippen LogP contribution in [0.5, 0.6) is 0 Å². The number of nitrogens with one attached hydrogen (secondary N) is 1. The Labute approximate surface area is 160 Å². The van der Waals surface area contributed by atoms with Crippen molar-refractivity contribution in [2.75, 3.05) is 11.6 Å². The Hall–Kier alpha value is -2.38. The second-order valence-electron chi connectivity index (χ2n) is 6.19. The molecule has 0 atom stereocenters. The van der Waals surface area contributed by atoms with Gasteiger partial charge in [0.05, 0.1) is 4.88 Å². The molecule has 1 amide bonds. The van der Waals surface area contributed by atoms with Gasteiger partial charge in [-0.05, 0) is 61.9 Å². The monoisotopic (exact) mass is 385 g/mol. The van der Waals surface area contributed by atoms with Gasteiger partial charge in [-0.15, -0.1) is 23.1 Å². The van der Waals surface area contributed by atoms with Gasteiger partial charge in [-0.25, -0.2) is 4.68 Å². The highest BCUT2D eigenvalue weighted by Crippen LogP contribution is 2.23. The Morgan fingerprint density at radius 1 is 1.15 bits per heavy atom. The third-order valence-corrected chi connectivity index (χ3v) is 5.64. The van der Waals surface area contributed by atoms with E-state index in [9.17, 15) is 9.59 Å². The lowest BCUT2D eigenvalue weighted by atomic mass is 10.0. The van der Waals surface area contributed by atoms with Gasteiger partial charge < -0.3 is 5.32 Å². The van der Waals surface area contributed by atoms with Crippen LogP contribution in [0, 0.1) is 0 Å². The highest BCUT2D eigenvalue weighted by atomic mass is 32.2. The van der Waals surface area contributed by atoms with Crippen molar-refractivity contribution in [2.45, 2.75) is 24.3 Å². The number of thioether (sulfide) groups is 1. The molecule has 26 heavy (non-hydrogen) atoms. The van der Waals surface area contributed by atoms with E-state index in [1.807, 2.05) is 48.0 Å². The van der Waals surface area contributed by atoms with Crippen LogP contribution in [0.3, 0.4) is 0 Å². The summed E-state index contributed by atoms with van der Waals surface area (Å²) in [6.45, 7) is 3.37. The second-order valence-corrected chi connectivity index (χ2v) is 8.01. The van der Waals surface area contributed by atoms with Crippen LogP contribution in [-0.2, 0) is 10.3 Å². The van der Waals surface area contributed by atoms with Crippen LogP contribution in [0.2, 0.25) is 0 Å². The lowest BCUT2D eigenvalue weighted by molar-refractivity contribution is -0.123. The SMILES string of the molecule is CSc1ccc(NC(=O)C(C)(C)n2nc(-c3cccs3)ccc2=O)cc1. The Morgan fingerprint density at radius 3 is 2.50 bits per heavy atom. The molecule has 0 aliphatic carbocycles. The highest BCUT2D eigenvalue weighted by Gasteiger charge is 2.32. The molecule has 0 aliphatic rings. The molecule has 1 N–H and O–H groups in total. The van der Waals surface area contributed by atoms with Crippen molar-refractivity contribution < 1.29 is 4.79 Å². The molecule has 1 aromatic carbocycles. The van der Waals surface area contributed by atoms with Crippen LogP contribution < -0.4 is 10.9 Å². The van der Waals surface area contributed by atoms with Crippen LogP contribution in [0.15, 0.2) is 63.6 Å². The molecule has 7 heteroatoms. The van der Waals surface area contributed by atoms with Crippen LogP contribution >= 0.6 is 23.1 Å². The van der Waals surface area contributed by atoms with E-state index in [0.717, 1.165) is 9.77 Å². The number of hydrogen-bond donors (Lipinski definition) is 1. The van der Waals surface area contributed by atoms with Gasteiger partial charge in [0, 0.05) is 16.6 Å². The second kappa shape index (κ2) is 7.47. The lowest BCUT2D eigenvalue weighted by Gasteiger charge is -2.25. The fourth-order valence-electron chi connectivity index (χ4n) is 2.42. The van der Waals surface area contributed by atoms with Gasteiger partial charge >= 0.3 is 0 Å². The van der Waals surface area contributed by atoms with Crippen molar-refractivity contribution >= 4 is 34.7 Å². The lowest BCUT2D eigenvalue weighted by Crippen LogP contribution is -2.47. The third-order valence-electron chi connectivity index (χ3n) is 4.01. The van der Waals surface area contributed by atoms with Gasteiger partial charge in [0.2, 0.25) is 0 Å². The average molecular weight is 386 g/mol. The Bertz CT molecular complexity index is 961. The van der Waals surface area contributed by atoms with Crippen LogP contribution in [-0.4, -0.2) is 21.9 Å². The molecular formula is C19H19N3O2S2. The van der Waals surface area contributed by atoms with E-state index in [-0.39, 0.29) is 11.5 Å². The van der Waals surface area contributed by atoms with Crippen LogP contribution in [0.25, 0.3) is 10.6 Å². The first-order valence-electron chi connectivity index (χ1n) is 8.02. The Kier molecular flexibility index (Phi) is 5.29. The first kappa shape index (κ1) is 18.4. The normalized spacial score (nSPS) is 11.3.